The van der Waals surface area contributed by atoms with Crippen LogP contribution in [0.4, 0.5) is 0 Å². The van der Waals surface area contributed by atoms with Crippen molar-refractivity contribution in [1.82, 2.24) is 16.1 Å². The van der Waals surface area contributed by atoms with Gasteiger partial charge in [-0.3, -0.25) is 4.79 Å². The molecule has 1 aliphatic rings. The zero-order valence-corrected chi connectivity index (χ0v) is 22.9. The second-order valence-electron chi connectivity index (χ2n) is 8.15. The van der Waals surface area contributed by atoms with Crippen LogP contribution in [-0.4, -0.2) is 49.6 Å². The van der Waals surface area contributed by atoms with Gasteiger partial charge in [0.1, 0.15) is 12.4 Å². The first-order valence-electron chi connectivity index (χ1n) is 12.4. The van der Waals surface area contributed by atoms with E-state index in [0.29, 0.717) is 58.0 Å². The molecule has 0 bridgehead atoms. The monoisotopic (exact) mass is 552 g/mol. The lowest BCUT2D eigenvalue weighted by molar-refractivity contribution is -0.139. The van der Waals surface area contributed by atoms with Crippen molar-refractivity contribution in [3.63, 3.8) is 0 Å². The van der Waals surface area contributed by atoms with Crippen LogP contribution in [0, 0.1) is 0 Å². The van der Waals surface area contributed by atoms with Crippen LogP contribution in [0.15, 0.2) is 71.5 Å². The Balaban J connectivity index is 1.67. The summed E-state index contributed by atoms with van der Waals surface area (Å²) in [7, 11) is 0. The van der Waals surface area contributed by atoms with Crippen LogP contribution in [0.3, 0.4) is 0 Å². The highest BCUT2D eigenvalue weighted by Gasteiger charge is 2.32. The summed E-state index contributed by atoms with van der Waals surface area (Å²) in [6, 6.07) is 11.8. The molecule has 0 saturated carbocycles. The van der Waals surface area contributed by atoms with E-state index in [-0.39, 0.29) is 13.2 Å². The zero-order chi connectivity index (χ0) is 28.2. The van der Waals surface area contributed by atoms with E-state index in [1.54, 1.807) is 56.3 Å². The van der Waals surface area contributed by atoms with Crippen molar-refractivity contribution < 1.29 is 28.5 Å². The van der Waals surface area contributed by atoms with Crippen LogP contribution in [0.5, 0.6) is 17.2 Å². The van der Waals surface area contributed by atoms with E-state index in [0.717, 1.165) is 0 Å². The van der Waals surface area contributed by atoms with E-state index in [9.17, 15) is 9.59 Å². The number of amides is 1. The van der Waals surface area contributed by atoms with Crippen molar-refractivity contribution in [2.45, 2.75) is 26.8 Å². The molecule has 1 aliphatic heterocycles. The normalized spacial score (nSPS) is 14.7. The lowest BCUT2D eigenvalue weighted by Gasteiger charge is -2.30. The molecule has 206 valence electrons. The molecule has 3 rings (SSSR count). The van der Waals surface area contributed by atoms with Gasteiger partial charge >= 0.3 is 5.97 Å². The Labute approximate surface area is 233 Å². The van der Waals surface area contributed by atoms with Crippen LogP contribution >= 0.6 is 12.2 Å². The third kappa shape index (κ3) is 8.05. The quantitative estimate of drug-likeness (QED) is 0.113. The van der Waals surface area contributed by atoms with Crippen molar-refractivity contribution in [1.29, 1.82) is 0 Å². The summed E-state index contributed by atoms with van der Waals surface area (Å²) in [5.74, 6) is 0.613. The lowest BCUT2D eigenvalue weighted by atomic mass is 9.95. The van der Waals surface area contributed by atoms with Gasteiger partial charge in [-0.05, 0) is 62.8 Å². The van der Waals surface area contributed by atoms with Crippen molar-refractivity contribution >= 4 is 35.4 Å². The zero-order valence-electron chi connectivity index (χ0n) is 22.1. The molecule has 1 heterocycles. The molecular weight excluding hydrogens is 520 g/mol. The molecule has 2 aromatic carbocycles. The Morgan fingerprint density at radius 3 is 2.62 bits per heavy atom. The standard InChI is InChI=1S/C28H32N4O6S/c1-5-14-37-22-13-12-19(15-23(22)35-6-2)16-29-32-24(33)17-38-21-11-9-8-10-20(21)26-25(27(34)36-7-3)18(4)30-28(39)31-26/h5,8-13,15-16,26H,1,6-7,14,17H2,2-4H3,(H,32,33)(H2,30,31,39)/t26-/m0/s1. The smallest absolute Gasteiger partial charge is 0.338 e. The summed E-state index contributed by atoms with van der Waals surface area (Å²) in [5, 5.41) is 10.4. The first-order chi connectivity index (χ1) is 18.9. The van der Waals surface area contributed by atoms with E-state index in [4.69, 9.17) is 31.2 Å². The van der Waals surface area contributed by atoms with E-state index in [1.807, 2.05) is 13.0 Å². The summed E-state index contributed by atoms with van der Waals surface area (Å²) < 4.78 is 22.3. The molecule has 3 N–H and O–H groups in total. The van der Waals surface area contributed by atoms with Crippen molar-refractivity contribution in [3.8, 4) is 17.2 Å². The van der Waals surface area contributed by atoms with Crippen LogP contribution < -0.4 is 30.3 Å². The van der Waals surface area contributed by atoms with Gasteiger partial charge in [0.2, 0.25) is 0 Å². The van der Waals surface area contributed by atoms with Gasteiger partial charge in [-0.25, -0.2) is 10.2 Å². The maximum Gasteiger partial charge on any atom is 0.338 e. The van der Waals surface area contributed by atoms with Crippen LogP contribution in [-0.2, 0) is 14.3 Å². The van der Waals surface area contributed by atoms with Gasteiger partial charge in [-0.15, -0.1) is 0 Å². The number of para-hydroxylation sites is 1. The average molecular weight is 553 g/mol. The van der Waals surface area contributed by atoms with Crippen LogP contribution in [0.25, 0.3) is 0 Å². The Kier molecular flexibility index (Phi) is 10.9. The number of nitrogens with zero attached hydrogens (tertiary/aromatic N) is 1. The number of esters is 1. The Hall–Kier alpha value is -4.38. The van der Waals surface area contributed by atoms with Crippen molar-refractivity contribution in [2.75, 3.05) is 26.4 Å². The fourth-order valence-corrected chi connectivity index (χ4v) is 4.02. The second-order valence-corrected chi connectivity index (χ2v) is 8.56. The van der Waals surface area contributed by atoms with Gasteiger partial charge in [0, 0.05) is 11.3 Å². The third-order valence-corrected chi connectivity index (χ3v) is 5.60. The van der Waals surface area contributed by atoms with Gasteiger partial charge in [-0.2, -0.15) is 5.10 Å². The Bertz CT molecular complexity index is 1280. The number of nitrogens with one attached hydrogen (secondary N) is 3. The summed E-state index contributed by atoms with van der Waals surface area (Å²) in [4.78, 5) is 25.2. The highest BCUT2D eigenvalue weighted by molar-refractivity contribution is 7.80. The number of carbonyl (C=O) groups excluding carboxylic acids is 2. The van der Waals surface area contributed by atoms with Gasteiger partial charge in [0.05, 0.1) is 31.0 Å². The maximum atomic E-state index is 12.7. The molecular formula is C28H32N4O6S. The number of thiocarbonyl (C=S) groups is 1. The Morgan fingerprint density at radius 1 is 1.08 bits per heavy atom. The third-order valence-electron chi connectivity index (χ3n) is 5.38. The van der Waals surface area contributed by atoms with Gasteiger partial charge in [-0.1, -0.05) is 30.9 Å². The number of hydrogen-bond acceptors (Lipinski definition) is 8. The molecule has 0 radical (unpaired) electrons. The molecule has 0 aromatic heterocycles. The second kappa shape index (κ2) is 14.5. The predicted molar refractivity (Wildman–Crippen MR) is 152 cm³/mol. The largest absolute Gasteiger partial charge is 0.490 e. The minimum Gasteiger partial charge on any atom is -0.490 e. The highest BCUT2D eigenvalue weighted by Crippen LogP contribution is 2.33. The molecule has 0 spiro atoms. The molecule has 0 aliphatic carbocycles. The van der Waals surface area contributed by atoms with E-state index in [2.05, 4.69) is 27.7 Å². The fraction of sp³-hybridized carbons (Fsp3) is 0.286. The maximum absolute atomic E-state index is 12.7. The minimum absolute atomic E-state index is 0.228. The summed E-state index contributed by atoms with van der Waals surface area (Å²) in [6.07, 6.45) is 3.14. The molecule has 11 heteroatoms. The molecule has 2 aromatic rings. The topological polar surface area (TPSA) is 120 Å². The molecule has 0 unspecified atom stereocenters. The van der Waals surface area contributed by atoms with Crippen LogP contribution in [0.1, 0.15) is 37.9 Å². The number of hydrogen-bond donors (Lipinski definition) is 3. The first kappa shape index (κ1) is 29.2. The summed E-state index contributed by atoms with van der Waals surface area (Å²) in [6.45, 7) is 9.75. The first-order valence-corrected chi connectivity index (χ1v) is 12.8. The highest BCUT2D eigenvalue weighted by atomic mass is 32.1. The number of benzene rings is 2. The molecule has 1 amide bonds. The van der Waals surface area contributed by atoms with E-state index < -0.39 is 17.9 Å². The molecule has 10 nitrogen and oxygen atoms in total. The van der Waals surface area contributed by atoms with Crippen molar-refractivity contribution in [2.24, 2.45) is 5.10 Å². The number of allylic oxidation sites excluding steroid dienone is 1. The number of carbonyl (C=O) groups is 2. The summed E-state index contributed by atoms with van der Waals surface area (Å²) in [5.41, 5.74) is 4.74. The minimum atomic E-state index is -0.618. The van der Waals surface area contributed by atoms with Crippen molar-refractivity contribution in [3.05, 3.63) is 77.5 Å². The number of rotatable bonds is 13. The summed E-state index contributed by atoms with van der Waals surface area (Å²) >= 11 is 5.30. The number of hydrazone groups is 1. The molecule has 0 saturated heterocycles. The lowest BCUT2D eigenvalue weighted by Crippen LogP contribution is -2.45. The molecule has 0 fully saturated rings. The van der Waals surface area contributed by atoms with Gasteiger partial charge in [0.15, 0.2) is 23.2 Å². The fourth-order valence-electron chi connectivity index (χ4n) is 3.75. The van der Waals surface area contributed by atoms with Crippen LogP contribution in [0.2, 0.25) is 0 Å². The average Bonchev–Trinajstić information content (AvgIpc) is 2.91. The number of ether oxygens (including phenoxy) is 4. The van der Waals surface area contributed by atoms with E-state index in [1.165, 1.54) is 6.21 Å². The van der Waals surface area contributed by atoms with E-state index >= 15 is 0 Å². The predicted octanol–water partition coefficient (Wildman–Crippen LogP) is 3.54. The van der Waals surface area contributed by atoms with Gasteiger partial charge in [0.25, 0.3) is 5.91 Å². The SMILES string of the molecule is C=CCOc1ccc(C=NNC(=O)COc2ccccc2[C@@H]2NC(=S)NC(C)=C2C(=O)OCC)cc1OCC. The Morgan fingerprint density at radius 2 is 1.87 bits per heavy atom. The molecule has 1 atom stereocenters. The molecule has 39 heavy (non-hydrogen) atoms. The van der Waals surface area contributed by atoms with Gasteiger partial charge < -0.3 is 29.6 Å².